The van der Waals surface area contributed by atoms with Crippen LogP contribution in [0.4, 0.5) is 0 Å². The van der Waals surface area contributed by atoms with Gasteiger partial charge in [0.05, 0.1) is 6.10 Å². The number of ether oxygens (including phenoxy) is 2. The lowest BCUT2D eigenvalue weighted by Crippen LogP contribution is -2.51. The molecule has 0 aliphatic carbocycles. The van der Waals surface area contributed by atoms with E-state index in [9.17, 15) is 4.79 Å². The van der Waals surface area contributed by atoms with E-state index in [2.05, 4.69) is 12.2 Å². The van der Waals surface area contributed by atoms with E-state index in [4.69, 9.17) is 9.47 Å². The van der Waals surface area contributed by atoms with Crippen LogP contribution in [-0.2, 0) is 4.74 Å². The normalized spacial score (nSPS) is 25.2. The number of amides is 1. The monoisotopic (exact) mass is 304 g/mol. The minimum absolute atomic E-state index is 0.0796. The van der Waals surface area contributed by atoms with Crippen molar-refractivity contribution in [3.63, 3.8) is 0 Å². The average molecular weight is 304 g/mol. The fraction of sp³-hybridized carbons (Fsp3) is 0.588. The zero-order valence-corrected chi connectivity index (χ0v) is 13.1. The second-order valence-electron chi connectivity index (χ2n) is 6.08. The maximum atomic E-state index is 12.6. The molecular weight excluding hydrogens is 280 g/mol. The van der Waals surface area contributed by atoms with Crippen molar-refractivity contribution in [3.05, 3.63) is 29.8 Å². The van der Waals surface area contributed by atoms with E-state index in [1.165, 1.54) is 0 Å². The molecule has 0 saturated carbocycles. The van der Waals surface area contributed by atoms with Crippen molar-refractivity contribution in [2.75, 3.05) is 32.8 Å². The van der Waals surface area contributed by atoms with E-state index in [0.29, 0.717) is 18.2 Å². The minimum atomic E-state index is 0.0796. The predicted molar refractivity (Wildman–Crippen MR) is 84.3 cm³/mol. The van der Waals surface area contributed by atoms with E-state index >= 15 is 0 Å². The van der Waals surface area contributed by atoms with Crippen LogP contribution in [0.2, 0.25) is 0 Å². The van der Waals surface area contributed by atoms with Gasteiger partial charge < -0.3 is 19.7 Å². The molecule has 2 fully saturated rings. The Labute approximate surface area is 131 Å². The highest BCUT2D eigenvalue weighted by atomic mass is 16.5. The summed E-state index contributed by atoms with van der Waals surface area (Å²) in [7, 11) is 0. The van der Waals surface area contributed by atoms with Crippen molar-refractivity contribution in [1.29, 1.82) is 0 Å². The molecule has 0 spiro atoms. The third-order valence-electron chi connectivity index (χ3n) is 4.20. The molecule has 1 amide bonds. The van der Waals surface area contributed by atoms with Crippen molar-refractivity contribution in [2.45, 2.75) is 31.9 Å². The van der Waals surface area contributed by atoms with Gasteiger partial charge in [0.25, 0.3) is 5.91 Å². The smallest absolute Gasteiger partial charge is 0.254 e. The summed E-state index contributed by atoms with van der Waals surface area (Å²) < 4.78 is 11.3. The first-order valence-corrected chi connectivity index (χ1v) is 8.09. The van der Waals surface area contributed by atoms with Gasteiger partial charge in [-0.05, 0) is 38.0 Å². The molecule has 2 heterocycles. The number of hydrogen-bond acceptors (Lipinski definition) is 4. The van der Waals surface area contributed by atoms with Gasteiger partial charge in [-0.1, -0.05) is 6.07 Å². The van der Waals surface area contributed by atoms with E-state index in [0.717, 1.165) is 44.8 Å². The van der Waals surface area contributed by atoms with Gasteiger partial charge in [-0.25, -0.2) is 0 Å². The maximum absolute atomic E-state index is 12.6. The SMILES string of the molecule is C[C@@H]1CN(C(=O)c2cccc(OC[C@H]3CCCO3)c2)CCN1. The third kappa shape index (κ3) is 3.78. The van der Waals surface area contributed by atoms with Gasteiger partial charge in [0.2, 0.25) is 0 Å². The molecule has 1 aromatic carbocycles. The first kappa shape index (κ1) is 15.3. The summed E-state index contributed by atoms with van der Waals surface area (Å²) in [6, 6.07) is 7.81. The van der Waals surface area contributed by atoms with Crippen molar-refractivity contribution in [2.24, 2.45) is 0 Å². The standard InChI is InChI=1S/C17H24N2O3/c1-13-11-19(8-7-18-13)17(20)14-4-2-5-15(10-14)22-12-16-6-3-9-21-16/h2,4-5,10,13,16,18H,3,6-9,11-12H2,1H3/t13-,16-/m1/s1. The summed E-state index contributed by atoms with van der Waals surface area (Å²) in [5.41, 5.74) is 0.693. The van der Waals surface area contributed by atoms with Crippen LogP contribution >= 0.6 is 0 Å². The Hall–Kier alpha value is -1.59. The van der Waals surface area contributed by atoms with Crippen molar-refractivity contribution >= 4 is 5.91 Å². The largest absolute Gasteiger partial charge is 0.491 e. The van der Waals surface area contributed by atoms with Crippen molar-refractivity contribution < 1.29 is 14.3 Å². The lowest BCUT2D eigenvalue weighted by Gasteiger charge is -2.32. The highest BCUT2D eigenvalue weighted by Crippen LogP contribution is 2.18. The summed E-state index contributed by atoms with van der Waals surface area (Å²) in [6.45, 7) is 5.84. The molecule has 1 aromatic rings. The lowest BCUT2D eigenvalue weighted by molar-refractivity contribution is 0.0674. The number of nitrogens with zero attached hydrogens (tertiary/aromatic N) is 1. The Morgan fingerprint density at radius 1 is 1.50 bits per heavy atom. The molecule has 5 heteroatoms. The predicted octanol–water partition coefficient (Wildman–Crippen LogP) is 1.68. The van der Waals surface area contributed by atoms with Crippen molar-refractivity contribution in [1.82, 2.24) is 10.2 Å². The fourth-order valence-corrected chi connectivity index (χ4v) is 2.98. The van der Waals surface area contributed by atoms with Crippen LogP contribution in [-0.4, -0.2) is 55.8 Å². The van der Waals surface area contributed by atoms with E-state index in [1.807, 2.05) is 29.2 Å². The molecular formula is C17H24N2O3. The lowest BCUT2D eigenvalue weighted by atomic mass is 10.1. The van der Waals surface area contributed by atoms with Gasteiger partial charge in [-0.3, -0.25) is 4.79 Å². The Morgan fingerprint density at radius 2 is 2.41 bits per heavy atom. The molecule has 0 radical (unpaired) electrons. The number of carbonyl (C=O) groups is 1. The second-order valence-corrected chi connectivity index (χ2v) is 6.08. The molecule has 120 valence electrons. The van der Waals surface area contributed by atoms with Gasteiger partial charge in [0.1, 0.15) is 12.4 Å². The summed E-state index contributed by atoms with van der Waals surface area (Å²) in [4.78, 5) is 14.5. The Morgan fingerprint density at radius 3 is 3.18 bits per heavy atom. The zero-order chi connectivity index (χ0) is 15.4. The second kappa shape index (κ2) is 7.11. The van der Waals surface area contributed by atoms with Gasteiger partial charge in [-0.2, -0.15) is 0 Å². The number of nitrogens with one attached hydrogen (secondary N) is 1. The molecule has 2 saturated heterocycles. The highest BCUT2D eigenvalue weighted by Gasteiger charge is 2.22. The third-order valence-corrected chi connectivity index (χ3v) is 4.20. The van der Waals surface area contributed by atoms with E-state index < -0.39 is 0 Å². The molecule has 5 nitrogen and oxygen atoms in total. The van der Waals surface area contributed by atoms with Crippen molar-refractivity contribution in [3.8, 4) is 5.75 Å². The summed E-state index contributed by atoms with van der Waals surface area (Å²) in [5.74, 6) is 0.820. The van der Waals surface area contributed by atoms with Crippen LogP contribution in [0, 0.1) is 0 Å². The van der Waals surface area contributed by atoms with Gasteiger partial charge in [0, 0.05) is 37.8 Å². The summed E-state index contributed by atoms with van der Waals surface area (Å²) in [6.07, 6.45) is 2.35. The van der Waals surface area contributed by atoms with Crippen LogP contribution < -0.4 is 10.1 Å². The van der Waals surface area contributed by atoms with Gasteiger partial charge in [0.15, 0.2) is 0 Å². The Bertz CT molecular complexity index is 514. The number of hydrogen-bond donors (Lipinski definition) is 1. The maximum Gasteiger partial charge on any atom is 0.254 e. The van der Waals surface area contributed by atoms with Crippen LogP contribution in [0.3, 0.4) is 0 Å². The Balaban J connectivity index is 1.61. The zero-order valence-electron chi connectivity index (χ0n) is 13.1. The van der Waals surface area contributed by atoms with Gasteiger partial charge >= 0.3 is 0 Å². The molecule has 2 atom stereocenters. The molecule has 2 aliphatic heterocycles. The van der Waals surface area contributed by atoms with Crippen LogP contribution in [0.1, 0.15) is 30.1 Å². The highest BCUT2D eigenvalue weighted by molar-refractivity contribution is 5.94. The quantitative estimate of drug-likeness (QED) is 0.919. The molecule has 1 N–H and O–H groups in total. The first-order chi connectivity index (χ1) is 10.7. The molecule has 0 bridgehead atoms. The topological polar surface area (TPSA) is 50.8 Å². The first-order valence-electron chi connectivity index (χ1n) is 8.09. The number of rotatable bonds is 4. The molecule has 2 aliphatic rings. The number of benzene rings is 1. The summed E-state index contributed by atoms with van der Waals surface area (Å²) in [5, 5.41) is 3.35. The number of carbonyl (C=O) groups excluding carboxylic acids is 1. The fourth-order valence-electron chi connectivity index (χ4n) is 2.98. The van der Waals surface area contributed by atoms with Gasteiger partial charge in [-0.15, -0.1) is 0 Å². The molecule has 0 aromatic heterocycles. The van der Waals surface area contributed by atoms with Crippen LogP contribution in [0.5, 0.6) is 5.75 Å². The molecule has 3 rings (SSSR count). The van der Waals surface area contributed by atoms with E-state index in [1.54, 1.807) is 0 Å². The van der Waals surface area contributed by atoms with E-state index in [-0.39, 0.29) is 12.0 Å². The average Bonchev–Trinajstić information content (AvgIpc) is 3.06. The summed E-state index contributed by atoms with van der Waals surface area (Å²) >= 11 is 0. The number of piperazine rings is 1. The molecule has 0 unspecified atom stereocenters. The molecule has 22 heavy (non-hydrogen) atoms. The minimum Gasteiger partial charge on any atom is -0.491 e. The van der Waals surface area contributed by atoms with Crippen LogP contribution in [0.15, 0.2) is 24.3 Å². The Kier molecular flexibility index (Phi) is 4.95. The van der Waals surface area contributed by atoms with Crippen LogP contribution in [0.25, 0.3) is 0 Å².